The van der Waals surface area contributed by atoms with Gasteiger partial charge in [-0.3, -0.25) is 4.79 Å². The highest BCUT2D eigenvalue weighted by molar-refractivity contribution is 5.83. The van der Waals surface area contributed by atoms with E-state index >= 15 is 0 Å². The molecule has 4 rings (SSSR count). The van der Waals surface area contributed by atoms with Crippen molar-refractivity contribution in [1.29, 1.82) is 0 Å². The molecule has 0 aromatic rings. The molecule has 4 aliphatic rings. The van der Waals surface area contributed by atoms with Crippen LogP contribution < -0.4 is 0 Å². The minimum Gasteiger partial charge on any atom is -0.389 e. The molecule has 4 saturated carbocycles. The van der Waals surface area contributed by atoms with Gasteiger partial charge in [0.05, 0.1) is 6.61 Å². The van der Waals surface area contributed by atoms with E-state index in [1.807, 2.05) is 7.11 Å². The highest BCUT2D eigenvalue weighted by Gasteiger charge is 2.62. The van der Waals surface area contributed by atoms with Crippen molar-refractivity contribution in [3.05, 3.63) is 0 Å². The molecule has 8 unspecified atom stereocenters. The van der Waals surface area contributed by atoms with Crippen LogP contribution in [-0.4, -0.2) is 31.2 Å². The molecule has 0 amide bonds. The van der Waals surface area contributed by atoms with E-state index in [0.717, 1.165) is 36.7 Å². The Kier molecular flexibility index (Phi) is 5.01. The maximum atomic E-state index is 12.4. The third kappa shape index (κ3) is 2.64. The molecule has 148 valence electrons. The van der Waals surface area contributed by atoms with Crippen LogP contribution in [0.15, 0.2) is 0 Å². The van der Waals surface area contributed by atoms with Crippen molar-refractivity contribution in [2.45, 2.75) is 71.6 Å². The number of hydrogen-bond acceptors (Lipinski definition) is 3. The Morgan fingerprint density at radius 2 is 1.88 bits per heavy atom. The largest absolute Gasteiger partial charge is 0.389 e. The minimum atomic E-state index is -0.269. The van der Waals surface area contributed by atoms with Crippen LogP contribution in [0.3, 0.4) is 0 Å². The summed E-state index contributed by atoms with van der Waals surface area (Å²) in [6, 6.07) is 0. The summed E-state index contributed by atoms with van der Waals surface area (Å²) < 4.78 is 5.85. The summed E-state index contributed by atoms with van der Waals surface area (Å²) in [5, 5.41) is 9.46. The van der Waals surface area contributed by atoms with Crippen LogP contribution in [0.2, 0.25) is 0 Å². The standard InChI is InChI=1S/C23H38O3/c1-15-8-11-23(14-26-3)16(12-15)4-5-17-18-6-7-20(21(25)13-24)22(18,2)10-9-19(17)23/h15-20,24H,4-14H2,1-3H3. The first-order chi connectivity index (χ1) is 12.5. The number of ketones is 1. The monoisotopic (exact) mass is 362 g/mol. The summed E-state index contributed by atoms with van der Waals surface area (Å²) in [5.41, 5.74) is 0.522. The fourth-order valence-electron chi connectivity index (χ4n) is 8.45. The lowest BCUT2D eigenvalue weighted by Crippen LogP contribution is -2.56. The van der Waals surface area contributed by atoms with Gasteiger partial charge in [-0.25, -0.2) is 0 Å². The molecule has 0 bridgehead atoms. The van der Waals surface area contributed by atoms with Crippen molar-refractivity contribution in [3.8, 4) is 0 Å². The van der Waals surface area contributed by atoms with E-state index in [1.165, 1.54) is 51.4 Å². The Balaban J connectivity index is 1.63. The molecule has 26 heavy (non-hydrogen) atoms. The van der Waals surface area contributed by atoms with Gasteiger partial charge in [0.15, 0.2) is 5.78 Å². The molecule has 4 aliphatic carbocycles. The van der Waals surface area contributed by atoms with Crippen LogP contribution in [0.4, 0.5) is 0 Å². The second kappa shape index (κ2) is 6.88. The van der Waals surface area contributed by atoms with Crippen molar-refractivity contribution in [2.24, 2.45) is 46.3 Å². The molecule has 4 fully saturated rings. The van der Waals surface area contributed by atoms with Gasteiger partial charge < -0.3 is 9.84 Å². The Hall–Kier alpha value is -0.410. The number of rotatable bonds is 4. The topological polar surface area (TPSA) is 46.5 Å². The lowest BCUT2D eigenvalue weighted by molar-refractivity contribution is -0.155. The maximum absolute atomic E-state index is 12.4. The second-order valence-electron chi connectivity index (χ2n) is 10.5. The predicted molar refractivity (Wildman–Crippen MR) is 103 cm³/mol. The molecule has 0 heterocycles. The Labute approximate surface area is 159 Å². The molecular weight excluding hydrogens is 324 g/mol. The highest BCUT2D eigenvalue weighted by atomic mass is 16.5. The van der Waals surface area contributed by atoms with E-state index in [-0.39, 0.29) is 23.7 Å². The van der Waals surface area contributed by atoms with Crippen molar-refractivity contribution in [1.82, 2.24) is 0 Å². The lowest BCUT2D eigenvalue weighted by Gasteiger charge is -2.61. The first-order valence-electron chi connectivity index (χ1n) is 11.1. The molecule has 3 heteroatoms. The number of aliphatic hydroxyl groups excluding tert-OH is 1. The average Bonchev–Trinajstić information content (AvgIpc) is 2.99. The third-order valence-corrected chi connectivity index (χ3v) is 9.58. The first-order valence-corrected chi connectivity index (χ1v) is 11.1. The van der Waals surface area contributed by atoms with Gasteiger partial charge in [0, 0.05) is 13.0 Å². The molecule has 0 saturated heterocycles. The zero-order valence-electron chi connectivity index (χ0n) is 17.0. The third-order valence-electron chi connectivity index (χ3n) is 9.58. The predicted octanol–water partition coefficient (Wildman–Crippen LogP) is 4.47. The van der Waals surface area contributed by atoms with Gasteiger partial charge in [-0.2, -0.15) is 0 Å². The van der Waals surface area contributed by atoms with E-state index in [1.54, 1.807) is 0 Å². The Morgan fingerprint density at radius 1 is 1.08 bits per heavy atom. The molecule has 0 aromatic carbocycles. The van der Waals surface area contributed by atoms with Gasteiger partial charge in [-0.1, -0.05) is 20.3 Å². The average molecular weight is 363 g/mol. The van der Waals surface area contributed by atoms with Gasteiger partial charge >= 0.3 is 0 Å². The fraction of sp³-hybridized carbons (Fsp3) is 0.957. The summed E-state index contributed by atoms with van der Waals surface area (Å²) in [6.07, 6.45) is 11.4. The first kappa shape index (κ1) is 18.9. The summed E-state index contributed by atoms with van der Waals surface area (Å²) in [7, 11) is 1.89. The number of carbonyl (C=O) groups excluding carboxylic acids is 1. The van der Waals surface area contributed by atoms with E-state index < -0.39 is 0 Å². The number of Topliss-reactive ketones (excluding diaryl/α,β-unsaturated/α-hetero) is 1. The molecule has 8 atom stereocenters. The zero-order valence-corrected chi connectivity index (χ0v) is 17.0. The van der Waals surface area contributed by atoms with Crippen molar-refractivity contribution in [3.63, 3.8) is 0 Å². The normalized spacial score (nSPS) is 50.6. The molecule has 0 aromatic heterocycles. The highest BCUT2D eigenvalue weighted by Crippen LogP contribution is 2.67. The van der Waals surface area contributed by atoms with E-state index in [2.05, 4.69) is 13.8 Å². The van der Waals surface area contributed by atoms with Crippen LogP contribution in [0.25, 0.3) is 0 Å². The molecule has 0 aliphatic heterocycles. The van der Waals surface area contributed by atoms with Gasteiger partial charge in [-0.05, 0) is 91.8 Å². The number of aliphatic hydroxyl groups is 1. The quantitative estimate of drug-likeness (QED) is 0.802. The van der Waals surface area contributed by atoms with Gasteiger partial charge in [0.1, 0.15) is 6.61 Å². The number of hydrogen-bond donors (Lipinski definition) is 1. The minimum absolute atomic E-state index is 0.0974. The van der Waals surface area contributed by atoms with Crippen LogP contribution in [0.1, 0.15) is 71.6 Å². The second-order valence-corrected chi connectivity index (χ2v) is 10.5. The molecule has 3 nitrogen and oxygen atoms in total. The SMILES string of the molecule is COCC12CCC(C)CC1CCC1C3CCC(C(=O)CO)C3(C)CCC12. The van der Waals surface area contributed by atoms with E-state index in [4.69, 9.17) is 4.74 Å². The number of carbonyl (C=O) groups is 1. The number of fused-ring (bicyclic) bond motifs is 5. The summed E-state index contributed by atoms with van der Waals surface area (Å²) >= 11 is 0. The Bertz CT molecular complexity index is 546. The molecule has 0 spiro atoms. The number of methoxy groups -OCH3 is 1. The van der Waals surface area contributed by atoms with Crippen LogP contribution in [0.5, 0.6) is 0 Å². The summed E-state index contributed by atoms with van der Waals surface area (Å²) in [4.78, 5) is 12.4. The Morgan fingerprint density at radius 3 is 2.62 bits per heavy atom. The van der Waals surface area contributed by atoms with E-state index in [9.17, 15) is 9.90 Å². The fourth-order valence-corrected chi connectivity index (χ4v) is 8.45. The molecule has 1 N–H and O–H groups in total. The maximum Gasteiger partial charge on any atom is 0.161 e. The van der Waals surface area contributed by atoms with E-state index in [0.29, 0.717) is 11.3 Å². The number of ether oxygens (including phenoxy) is 1. The molecular formula is C23H38O3. The van der Waals surface area contributed by atoms with Gasteiger partial charge in [0.25, 0.3) is 0 Å². The zero-order chi connectivity index (χ0) is 18.5. The van der Waals surface area contributed by atoms with Crippen molar-refractivity contribution in [2.75, 3.05) is 20.3 Å². The molecule has 0 radical (unpaired) electrons. The summed E-state index contributed by atoms with van der Waals surface area (Å²) in [5.74, 6) is 4.14. The smallest absolute Gasteiger partial charge is 0.161 e. The van der Waals surface area contributed by atoms with Crippen molar-refractivity contribution >= 4 is 5.78 Å². The van der Waals surface area contributed by atoms with Crippen LogP contribution >= 0.6 is 0 Å². The van der Waals surface area contributed by atoms with Crippen molar-refractivity contribution < 1.29 is 14.6 Å². The van der Waals surface area contributed by atoms with Crippen LogP contribution in [0, 0.1) is 46.3 Å². The lowest BCUT2D eigenvalue weighted by atomic mass is 9.44. The summed E-state index contributed by atoms with van der Waals surface area (Å²) in [6.45, 7) is 5.47. The van der Waals surface area contributed by atoms with Gasteiger partial charge in [-0.15, -0.1) is 0 Å². The van der Waals surface area contributed by atoms with Gasteiger partial charge in [0.2, 0.25) is 0 Å². The van der Waals surface area contributed by atoms with Crippen LogP contribution in [-0.2, 0) is 9.53 Å².